The predicted molar refractivity (Wildman–Crippen MR) is 84.2 cm³/mol. The first-order valence-electron chi connectivity index (χ1n) is 7.23. The van der Waals surface area contributed by atoms with Crippen LogP contribution in [0, 0.1) is 0 Å². The number of para-hydroxylation sites is 1. The number of hydrogen-bond donors (Lipinski definition) is 0. The number of halogens is 1. The summed E-state index contributed by atoms with van der Waals surface area (Å²) in [5.41, 5.74) is 1.09. The van der Waals surface area contributed by atoms with E-state index in [2.05, 4.69) is 15.9 Å². The molecule has 0 aliphatic heterocycles. The molecule has 20 heavy (non-hydrogen) atoms. The molecule has 1 saturated carbocycles. The number of carbonyl (C=O) groups excluding carboxylic acids is 1. The molecule has 1 amide bonds. The Labute approximate surface area is 129 Å². The molecule has 0 spiro atoms. The van der Waals surface area contributed by atoms with Gasteiger partial charge in [0.15, 0.2) is 0 Å². The molecule has 3 nitrogen and oxygen atoms in total. The van der Waals surface area contributed by atoms with Gasteiger partial charge in [0.25, 0.3) is 0 Å². The van der Waals surface area contributed by atoms with Gasteiger partial charge in [-0.05, 0) is 31.7 Å². The van der Waals surface area contributed by atoms with E-state index in [4.69, 9.17) is 4.74 Å². The summed E-state index contributed by atoms with van der Waals surface area (Å²) in [7, 11) is 1.68. The third-order valence-electron chi connectivity index (χ3n) is 3.62. The molecule has 0 bridgehead atoms. The SMILES string of the molecule is COc1ccccc1CN(C(=O)CCCCBr)C1CC1. The van der Waals surface area contributed by atoms with Crippen molar-refractivity contribution in [2.24, 2.45) is 0 Å². The minimum Gasteiger partial charge on any atom is -0.496 e. The summed E-state index contributed by atoms with van der Waals surface area (Å²) < 4.78 is 5.38. The maximum atomic E-state index is 12.4. The number of carbonyl (C=O) groups is 1. The summed E-state index contributed by atoms with van der Waals surface area (Å²) in [5, 5.41) is 0.968. The van der Waals surface area contributed by atoms with E-state index in [0.717, 1.165) is 42.3 Å². The van der Waals surface area contributed by atoms with Crippen LogP contribution in [-0.2, 0) is 11.3 Å². The molecule has 0 aromatic heterocycles. The highest BCUT2D eigenvalue weighted by Crippen LogP contribution is 2.31. The monoisotopic (exact) mass is 339 g/mol. The van der Waals surface area contributed by atoms with E-state index in [-0.39, 0.29) is 5.91 Å². The average Bonchev–Trinajstić information content (AvgIpc) is 3.29. The molecular formula is C16H22BrNO2. The minimum atomic E-state index is 0.277. The van der Waals surface area contributed by atoms with Crippen LogP contribution >= 0.6 is 15.9 Å². The lowest BCUT2D eigenvalue weighted by molar-refractivity contribution is -0.132. The number of rotatable bonds is 8. The third kappa shape index (κ3) is 4.23. The number of methoxy groups -OCH3 is 1. The third-order valence-corrected chi connectivity index (χ3v) is 4.18. The molecule has 0 heterocycles. The van der Waals surface area contributed by atoms with E-state index >= 15 is 0 Å². The number of unbranched alkanes of at least 4 members (excludes halogenated alkanes) is 1. The van der Waals surface area contributed by atoms with Crippen molar-refractivity contribution in [3.8, 4) is 5.75 Å². The van der Waals surface area contributed by atoms with Gasteiger partial charge in [-0.1, -0.05) is 34.1 Å². The predicted octanol–water partition coefficient (Wildman–Crippen LogP) is 3.75. The number of ether oxygens (including phenoxy) is 1. The van der Waals surface area contributed by atoms with Gasteiger partial charge in [0.05, 0.1) is 7.11 Å². The molecule has 0 saturated heterocycles. The van der Waals surface area contributed by atoms with E-state index in [0.29, 0.717) is 19.0 Å². The van der Waals surface area contributed by atoms with Crippen LogP contribution in [-0.4, -0.2) is 29.3 Å². The first-order valence-corrected chi connectivity index (χ1v) is 8.35. The summed E-state index contributed by atoms with van der Waals surface area (Å²) in [5.74, 6) is 1.14. The molecular weight excluding hydrogens is 318 g/mol. The zero-order chi connectivity index (χ0) is 14.4. The molecule has 2 rings (SSSR count). The summed E-state index contributed by atoms with van der Waals surface area (Å²) in [4.78, 5) is 14.4. The summed E-state index contributed by atoms with van der Waals surface area (Å²) in [6, 6.07) is 8.40. The Morgan fingerprint density at radius 3 is 2.75 bits per heavy atom. The second kappa shape index (κ2) is 7.67. The van der Waals surface area contributed by atoms with Gasteiger partial charge in [-0.15, -0.1) is 0 Å². The Morgan fingerprint density at radius 2 is 2.10 bits per heavy atom. The lowest BCUT2D eigenvalue weighted by Gasteiger charge is -2.23. The molecule has 1 aromatic carbocycles. The van der Waals surface area contributed by atoms with Crippen LogP contribution in [0.25, 0.3) is 0 Å². The first-order chi connectivity index (χ1) is 9.76. The van der Waals surface area contributed by atoms with E-state index in [9.17, 15) is 4.79 Å². The molecule has 1 fully saturated rings. The lowest BCUT2D eigenvalue weighted by Crippen LogP contribution is -2.32. The molecule has 110 valence electrons. The van der Waals surface area contributed by atoms with Gasteiger partial charge in [-0.25, -0.2) is 0 Å². The van der Waals surface area contributed by atoms with Crippen molar-refractivity contribution in [3.63, 3.8) is 0 Å². The lowest BCUT2D eigenvalue weighted by atomic mass is 10.1. The first kappa shape index (κ1) is 15.4. The van der Waals surface area contributed by atoms with Gasteiger partial charge in [-0.2, -0.15) is 0 Å². The van der Waals surface area contributed by atoms with Crippen LogP contribution < -0.4 is 4.74 Å². The fourth-order valence-corrected chi connectivity index (χ4v) is 2.74. The maximum absolute atomic E-state index is 12.4. The summed E-state index contributed by atoms with van der Waals surface area (Å²) in [6.07, 6.45) is 4.94. The molecule has 1 aromatic rings. The van der Waals surface area contributed by atoms with Crippen molar-refractivity contribution in [2.75, 3.05) is 12.4 Å². The van der Waals surface area contributed by atoms with E-state index in [1.165, 1.54) is 0 Å². The van der Waals surface area contributed by atoms with Crippen LogP contribution in [0.2, 0.25) is 0 Å². The van der Waals surface area contributed by atoms with E-state index in [1.54, 1.807) is 7.11 Å². The Bertz CT molecular complexity index is 446. The van der Waals surface area contributed by atoms with Gasteiger partial charge in [0.1, 0.15) is 5.75 Å². The van der Waals surface area contributed by atoms with E-state index < -0.39 is 0 Å². The maximum Gasteiger partial charge on any atom is 0.223 e. The Balaban J connectivity index is 2.00. The van der Waals surface area contributed by atoms with Crippen LogP contribution in [0.4, 0.5) is 0 Å². The fourth-order valence-electron chi connectivity index (χ4n) is 2.34. The zero-order valence-corrected chi connectivity index (χ0v) is 13.6. The van der Waals surface area contributed by atoms with Crippen molar-refractivity contribution in [2.45, 2.75) is 44.7 Å². The smallest absolute Gasteiger partial charge is 0.223 e. The van der Waals surface area contributed by atoms with Crippen LogP contribution in [0.1, 0.15) is 37.7 Å². The highest BCUT2D eigenvalue weighted by atomic mass is 79.9. The molecule has 0 unspecified atom stereocenters. The average molecular weight is 340 g/mol. The Hall–Kier alpha value is -1.03. The van der Waals surface area contributed by atoms with Crippen molar-refractivity contribution in [3.05, 3.63) is 29.8 Å². The number of amides is 1. The molecule has 4 heteroatoms. The van der Waals surface area contributed by atoms with Gasteiger partial charge >= 0.3 is 0 Å². The van der Waals surface area contributed by atoms with Crippen LogP contribution in [0.5, 0.6) is 5.75 Å². The molecule has 1 aliphatic carbocycles. The highest BCUT2D eigenvalue weighted by Gasteiger charge is 2.32. The van der Waals surface area contributed by atoms with Crippen molar-refractivity contribution >= 4 is 21.8 Å². The molecule has 0 N–H and O–H groups in total. The van der Waals surface area contributed by atoms with Gasteiger partial charge in [0, 0.05) is 29.9 Å². The second-order valence-corrected chi connectivity index (χ2v) is 6.00. The van der Waals surface area contributed by atoms with Crippen molar-refractivity contribution < 1.29 is 9.53 Å². The number of alkyl halides is 1. The topological polar surface area (TPSA) is 29.5 Å². The van der Waals surface area contributed by atoms with Crippen molar-refractivity contribution in [1.82, 2.24) is 4.90 Å². The van der Waals surface area contributed by atoms with Gasteiger partial charge in [0.2, 0.25) is 5.91 Å². The van der Waals surface area contributed by atoms with Gasteiger partial charge < -0.3 is 9.64 Å². The summed E-state index contributed by atoms with van der Waals surface area (Å²) >= 11 is 3.41. The molecule has 0 atom stereocenters. The fraction of sp³-hybridized carbons (Fsp3) is 0.562. The molecule has 1 aliphatic rings. The Kier molecular flexibility index (Phi) is 5.89. The quantitative estimate of drug-likeness (QED) is 0.533. The minimum absolute atomic E-state index is 0.277. The highest BCUT2D eigenvalue weighted by molar-refractivity contribution is 9.09. The second-order valence-electron chi connectivity index (χ2n) is 5.21. The Morgan fingerprint density at radius 1 is 1.35 bits per heavy atom. The van der Waals surface area contributed by atoms with Crippen LogP contribution in [0.15, 0.2) is 24.3 Å². The van der Waals surface area contributed by atoms with Gasteiger partial charge in [-0.3, -0.25) is 4.79 Å². The van der Waals surface area contributed by atoms with Crippen molar-refractivity contribution in [1.29, 1.82) is 0 Å². The number of hydrogen-bond acceptors (Lipinski definition) is 2. The molecule has 0 radical (unpaired) electrons. The number of nitrogens with zero attached hydrogens (tertiary/aromatic N) is 1. The largest absolute Gasteiger partial charge is 0.496 e. The normalized spacial score (nSPS) is 14.1. The standard InChI is InChI=1S/C16H22BrNO2/c1-20-15-7-3-2-6-13(15)12-18(14-9-10-14)16(19)8-4-5-11-17/h2-3,6-7,14H,4-5,8-12H2,1H3. The van der Waals surface area contributed by atoms with Crippen LogP contribution in [0.3, 0.4) is 0 Å². The zero-order valence-electron chi connectivity index (χ0n) is 12.0. The van der Waals surface area contributed by atoms with E-state index in [1.807, 2.05) is 29.2 Å². The summed E-state index contributed by atoms with van der Waals surface area (Å²) in [6.45, 7) is 0.668. The number of benzene rings is 1.